The molecule has 6 nitrogen and oxygen atoms in total. The topological polar surface area (TPSA) is 72.9 Å². The number of rotatable bonds is 6. The molecule has 2 aliphatic heterocycles. The minimum atomic E-state index is -1.07. The van der Waals surface area contributed by atoms with Crippen LogP contribution in [0, 0.1) is 5.92 Å². The SMILES string of the molecule is CCOC1=C([C@@H](C(=O)c2ccc(Cl)cc2)[C@@H]2C(=O)N(C)c3ccccc32)C(=O)CO1. The number of amides is 1. The van der Waals surface area contributed by atoms with Crippen molar-refractivity contribution in [2.75, 3.05) is 25.2 Å². The van der Waals surface area contributed by atoms with Crippen molar-refractivity contribution in [3.8, 4) is 0 Å². The lowest BCUT2D eigenvalue weighted by Crippen LogP contribution is -2.34. The number of ether oxygens (including phenoxy) is 2. The number of hydrogen-bond donors (Lipinski definition) is 0. The number of ketones is 2. The van der Waals surface area contributed by atoms with Gasteiger partial charge in [0.2, 0.25) is 11.7 Å². The number of carbonyl (C=O) groups is 3. The van der Waals surface area contributed by atoms with E-state index in [9.17, 15) is 14.4 Å². The average molecular weight is 426 g/mol. The van der Waals surface area contributed by atoms with Gasteiger partial charge in [0.05, 0.1) is 24.0 Å². The van der Waals surface area contributed by atoms with Crippen molar-refractivity contribution in [1.29, 1.82) is 0 Å². The van der Waals surface area contributed by atoms with Crippen molar-refractivity contribution in [2.24, 2.45) is 5.92 Å². The summed E-state index contributed by atoms with van der Waals surface area (Å²) in [6, 6.07) is 13.7. The minimum absolute atomic E-state index is 0.0228. The molecule has 2 atom stereocenters. The number of para-hydroxylation sites is 1. The predicted molar refractivity (Wildman–Crippen MR) is 111 cm³/mol. The van der Waals surface area contributed by atoms with Gasteiger partial charge in [0.1, 0.15) is 0 Å². The number of nitrogens with zero attached hydrogens (tertiary/aromatic N) is 1. The molecule has 0 saturated carbocycles. The van der Waals surface area contributed by atoms with Gasteiger partial charge in [-0.1, -0.05) is 29.8 Å². The molecule has 7 heteroatoms. The summed E-state index contributed by atoms with van der Waals surface area (Å²) >= 11 is 5.97. The molecular formula is C23H20ClNO5. The zero-order valence-corrected chi connectivity index (χ0v) is 17.3. The molecule has 2 aromatic rings. The van der Waals surface area contributed by atoms with Crippen molar-refractivity contribution in [3.05, 3.63) is 76.2 Å². The van der Waals surface area contributed by atoms with E-state index in [-0.39, 0.29) is 42.2 Å². The number of hydrogen-bond acceptors (Lipinski definition) is 5. The second kappa shape index (κ2) is 7.95. The molecule has 0 saturated heterocycles. The number of halogens is 1. The monoisotopic (exact) mass is 425 g/mol. The largest absolute Gasteiger partial charge is 0.465 e. The highest BCUT2D eigenvalue weighted by molar-refractivity contribution is 6.30. The molecule has 0 aliphatic carbocycles. The third kappa shape index (κ3) is 3.27. The second-order valence-corrected chi connectivity index (χ2v) is 7.56. The lowest BCUT2D eigenvalue weighted by atomic mass is 9.76. The summed E-state index contributed by atoms with van der Waals surface area (Å²) in [7, 11) is 1.66. The van der Waals surface area contributed by atoms with Gasteiger partial charge in [-0.25, -0.2) is 0 Å². The fourth-order valence-corrected chi connectivity index (χ4v) is 4.16. The van der Waals surface area contributed by atoms with E-state index in [0.717, 1.165) is 0 Å². The van der Waals surface area contributed by atoms with E-state index in [0.29, 0.717) is 21.8 Å². The van der Waals surface area contributed by atoms with Crippen LogP contribution >= 0.6 is 11.6 Å². The van der Waals surface area contributed by atoms with E-state index < -0.39 is 11.8 Å². The molecule has 0 bridgehead atoms. The summed E-state index contributed by atoms with van der Waals surface area (Å²) in [4.78, 5) is 41.2. The number of fused-ring (bicyclic) bond motifs is 1. The second-order valence-electron chi connectivity index (χ2n) is 7.13. The Morgan fingerprint density at radius 3 is 2.60 bits per heavy atom. The summed E-state index contributed by atoms with van der Waals surface area (Å²) < 4.78 is 10.9. The summed E-state index contributed by atoms with van der Waals surface area (Å²) in [6.45, 7) is 1.81. The Bertz CT molecular complexity index is 1060. The standard InChI is InChI=1S/C23H20ClNO5/c1-3-29-23-19(17(26)12-30-23)20(21(27)13-8-10-14(24)11-9-13)18-15-6-4-5-7-16(15)25(2)22(18)28/h4-11,18,20H,3,12H2,1-2H3/t18-,20+/m1/s1. The molecule has 4 rings (SSSR count). The summed E-state index contributed by atoms with van der Waals surface area (Å²) in [5, 5.41) is 0.486. The van der Waals surface area contributed by atoms with E-state index >= 15 is 0 Å². The van der Waals surface area contributed by atoms with Gasteiger partial charge >= 0.3 is 0 Å². The molecule has 0 unspecified atom stereocenters. The summed E-state index contributed by atoms with van der Waals surface area (Å²) in [5.41, 5.74) is 1.87. The number of anilines is 1. The van der Waals surface area contributed by atoms with Crippen LogP contribution in [0.4, 0.5) is 5.69 Å². The van der Waals surface area contributed by atoms with Gasteiger partial charge in [0.15, 0.2) is 12.4 Å². The first-order chi connectivity index (χ1) is 14.4. The van der Waals surface area contributed by atoms with E-state index in [4.69, 9.17) is 21.1 Å². The maximum Gasteiger partial charge on any atom is 0.287 e. The maximum absolute atomic E-state index is 13.7. The molecular weight excluding hydrogens is 406 g/mol. The molecule has 30 heavy (non-hydrogen) atoms. The van der Waals surface area contributed by atoms with Gasteiger partial charge in [-0.3, -0.25) is 14.4 Å². The molecule has 0 fully saturated rings. The van der Waals surface area contributed by atoms with Crippen molar-refractivity contribution in [2.45, 2.75) is 12.8 Å². The van der Waals surface area contributed by atoms with Crippen LogP contribution in [0.3, 0.4) is 0 Å². The molecule has 0 spiro atoms. The molecule has 1 amide bonds. The van der Waals surface area contributed by atoms with E-state index in [1.54, 1.807) is 38.2 Å². The van der Waals surface area contributed by atoms with E-state index in [2.05, 4.69) is 0 Å². The number of benzene rings is 2. The Morgan fingerprint density at radius 1 is 1.20 bits per heavy atom. The molecule has 2 heterocycles. The first-order valence-corrected chi connectivity index (χ1v) is 10.0. The van der Waals surface area contributed by atoms with Crippen molar-refractivity contribution >= 4 is 34.8 Å². The lowest BCUT2D eigenvalue weighted by molar-refractivity contribution is -0.119. The van der Waals surface area contributed by atoms with Gasteiger partial charge in [0.25, 0.3) is 5.95 Å². The Balaban J connectivity index is 1.90. The highest BCUT2D eigenvalue weighted by Gasteiger charge is 2.49. The van der Waals surface area contributed by atoms with Crippen LogP contribution in [-0.2, 0) is 19.1 Å². The van der Waals surface area contributed by atoms with Crippen LogP contribution in [0.2, 0.25) is 5.02 Å². The fourth-order valence-electron chi connectivity index (χ4n) is 4.03. The zero-order valence-electron chi connectivity index (χ0n) is 16.6. The van der Waals surface area contributed by atoms with Gasteiger partial charge in [-0.2, -0.15) is 0 Å². The Morgan fingerprint density at radius 2 is 1.90 bits per heavy atom. The number of Topliss-reactive ketones (excluding diaryl/α,β-unsaturated/α-hetero) is 2. The van der Waals surface area contributed by atoms with Crippen molar-refractivity contribution < 1.29 is 23.9 Å². The first-order valence-electron chi connectivity index (χ1n) is 9.63. The molecule has 2 aliphatic rings. The van der Waals surface area contributed by atoms with Crippen molar-refractivity contribution in [3.63, 3.8) is 0 Å². The maximum atomic E-state index is 13.7. The predicted octanol–water partition coefficient (Wildman–Crippen LogP) is 3.75. The number of carbonyl (C=O) groups excluding carboxylic acids is 3. The van der Waals surface area contributed by atoms with Gasteiger partial charge in [-0.05, 0) is 42.8 Å². The zero-order chi connectivity index (χ0) is 21.4. The molecule has 0 radical (unpaired) electrons. The highest BCUT2D eigenvalue weighted by atomic mass is 35.5. The van der Waals surface area contributed by atoms with Gasteiger partial charge < -0.3 is 14.4 Å². The highest BCUT2D eigenvalue weighted by Crippen LogP contribution is 2.45. The minimum Gasteiger partial charge on any atom is -0.465 e. The van der Waals surface area contributed by atoms with E-state index in [1.165, 1.54) is 4.90 Å². The van der Waals surface area contributed by atoms with Gasteiger partial charge in [0, 0.05) is 23.3 Å². The molecule has 2 aromatic carbocycles. The third-order valence-corrected chi connectivity index (χ3v) is 5.67. The Labute approximate surface area is 179 Å². The van der Waals surface area contributed by atoms with E-state index in [1.807, 2.05) is 24.3 Å². The molecule has 0 N–H and O–H groups in total. The average Bonchev–Trinajstić information content (AvgIpc) is 3.22. The fraction of sp³-hybridized carbons (Fsp3) is 0.261. The smallest absolute Gasteiger partial charge is 0.287 e. The molecule has 0 aromatic heterocycles. The summed E-state index contributed by atoms with van der Waals surface area (Å²) in [6.07, 6.45) is 0. The van der Waals surface area contributed by atoms with Crippen LogP contribution in [-0.4, -0.2) is 37.7 Å². The van der Waals surface area contributed by atoms with Gasteiger partial charge in [-0.15, -0.1) is 0 Å². The lowest BCUT2D eigenvalue weighted by Gasteiger charge is -2.23. The Kier molecular flexibility index (Phi) is 5.35. The number of likely N-dealkylation sites (N-methyl/N-ethyl adjacent to an activating group) is 1. The quantitative estimate of drug-likeness (QED) is 0.659. The van der Waals surface area contributed by atoms with Crippen LogP contribution in [0.15, 0.2) is 60.0 Å². The third-order valence-electron chi connectivity index (χ3n) is 5.42. The Hall–Kier alpha value is -3.12. The molecule has 154 valence electrons. The van der Waals surface area contributed by atoms with Crippen LogP contribution in [0.5, 0.6) is 0 Å². The van der Waals surface area contributed by atoms with Crippen LogP contribution in [0.25, 0.3) is 0 Å². The normalized spacial score (nSPS) is 19.0. The van der Waals surface area contributed by atoms with Crippen molar-refractivity contribution in [1.82, 2.24) is 0 Å². The van der Waals surface area contributed by atoms with Crippen LogP contribution < -0.4 is 4.90 Å². The first kappa shape index (κ1) is 20.2. The summed E-state index contributed by atoms with van der Waals surface area (Å²) in [5.74, 6) is -2.88. The van der Waals surface area contributed by atoms with Crippen LogP contribution in [0.1, 0.15) is 28.8 Å².